The van der Waals surface area contributed by atoms with Crippen molar-refractivity contribution in [1.82, 2.24) is 20.3 Å². The van der Waals surface area contributed by atoms with Gasteiger partial charge in [-0.15, -0.1) is 11.3 Å². The van der Waals surface area contributed by atoms with Crippen LogP contribution >= 0.6 is 11.3 Å². The number of benzene rings is 1. The number of aromatic nitrogens is 3. The Balaban J connectivity index is 1.54. The van der Waals surface area contributed by atoms with Gasteiger partial charge in [0.1, 0.15) is 5.69 Å². The van der Waals surface area contributed by atoms with Crippen LogP contribution in [0.4, 0.5) is 5.69 Å². The van der Waals surface area contributed by atoms with E-state index in [0.717, 1.165) is 21.6 Å². The van der Waals surface area contributed by atoms with Gasteiger partial charge in [-0.2, -0.15) is 0 Å². The summed E-state index contributed by atoms with van der Waals surface area (Å²) in [6.07, 6.45) is 7.25. The summed E-state index contributed by atoms with van der Waals surface area (Å²) in [6.45, 7) is 0.517. The Bertz CT molecular complexity index is 1180. The fourth-order valence-corrected chi connectivity index (χ4v) is 3.71. The summed E-state index contributed by atoms with van der Waals surface area (Å²) >= 11 is 1.52. The second-order valence-corrected chi connectivity index (χ2v) is 7.92. The molecule has 4 aromatic rings. The number of carbonyl (C=O) groups excluding carboxylic acids is 1. The lowest BCUT2D eigenvalue weighted by Crippen LogP contribution is -2.42. The first-order valence-corrected chi connectivity index (χ1v) is 10.7. The van der Waals surface area contributed by atoms with Crippen LogP contribution in [0.2, 0.25) is 0 Å². The Hall–Kier alpha value is -3.62. The van der Waals surface area contributed by atoms with Crippen molar-refractivity contribution in [3.63, 3.8) is 0 Å². The molecule has 0 aliphatic carbocycles. The van der Waals surface area contributed by atoms with Crippen LogP contribution in [-0.2, 0) is 17.8 Å². The summed E-state index contributed by atoms with van der Waals surface area (Å²) in [6, 6.07) is 14.6. The van der Waals surface area contributed by atoms with Crippen molar-refractivity contribution in [2.75, 3.05) is 5.32 Å². The highest BCUT2D eigenvalue weighted by molar-refractivity contribution is 7.09. The predicted molar refractivity (Wildman–Crippen MR) is 122 cm³/mol. The first-order valence-electron chi connectivity index (χ1n) is 9.78. The number of anilines is 1. The predicted octanol–water partition coefficient (Wildman–Crippen LogP) is 3.23. The summed E-state index contributed by atoms with van der Waals surface area (Å²) in [5.41, 5.74) is 4.32. The molecule has 3 heterocycles. The standard InChI is InChI=1S/C23H21N5O2S/c29-22-21(11-18(12-27-22)17-6-8-24-9-7-17)28-23(30)20(10-16-4-2-1-3-5-16)26-14-19-13-25-15-31-19/h1-9,11-13,15,20,26H,10,14H2,(H,27,29)(H,28,30)/t20-/m0/s1. The second-order valence-electron chi connectivity index (χ2n) is 6.95. The second kappa shape index (κ2) is 9.92. The van der Waals surface area contributed by atoms with Crippen LogP contribution < -0.4 is 16.2 Å². The zero-order valence-electron chi connectivity index (χ0n) is 16.6. The highest BCUT2D eigenvalue weighted by Gasteiger charge is 2.20. The van der Waals surface area contributed by atoms with Gasteiger partial charge >= 0.3 is 0 Å². The number of hydrogen-bond donors (Lipinski definition) is 3. The molecule has 0 spiro atoms. The summed E-state index contributed by atoms with van der Waals surface area (Å²) < 4.78 is 0. The molecule has 0 fully saturated rings. The number of H-pyrrole nitrogens is 1. The van der Waals surface area contributed by atoms with E-state index in [1.807, 2.05) is 42.5 Å². The monoisotopic (exact) mass is 431 g/mol. The number of hydrogen-bond acceptors (Lipinski definition) is 6. The molecular weight excluding hydrogens is 410 g/mol. The third kappa shape index (κ3) is 5.50. The highest BCUT2D eigenvalue weighted by atomic mass is 32.1. The zero-order valence-corrected chi connectivity index (χ0v) is 17.4. The molecule has 4 rings (SSSR count). The van der Waals surface area contributed by atoms with Gasteiger partial charge in [0.05, 0.1) is 11.6 Å². The SMILES string of the molecule is O=C(Nc1cc(-c2ccncc2)c[nH]c1=O)[C@H](Cc1ccccc1)NCc1cncs1. The summed E-state index contributed by atoms with van der Waals surface area (Å²) in [5.74, 6) is -0.272. The van der Waals surface area contributed by atoms with Crippen molar-refractivity contribution in [2.45, 2.75) is 19.0 Å². The van der Waals surface area contributed by atoms with Gasteiger partial charge in [0, 0.05) is 41.8 Å². The molecule has 31 heavy (non-hydrogen) atoms. The molecule has 0 aliphatic rings. The molecule has 8 heteroatoms. The van der Waals surface area contributed by atoms with Gasteiger partial charge in [0.2, 0.25) is 5.91 Å². The molecule has 0 aliphatic heterocycles. The normalized spacial score (nSPS) is 11.7. The molecule has 3 N–H and O–H groups in total. The maximum absolute atomic E-state index is 13.1. The summed E-state index contributed by atoms with van der Waals surface area (Å²) in [7, 11) is 0. The Kier molecular flexibility index (Phi) is 6.61. The number of thiazole rings is 1. The molecule has 1 aromatic carbocycles. The number of nitrogens with zero attached hydrogens (tertiary/aromatic N) is 2. The van der Waals surface area contributed by atoms with Gasteiger partial charge in [0.25, 0.3) is 5.56 Å². The molecule has 1 amide bonds. The molecule has 7 nitrogen and oxygen atoms in total. The van der Waals surface area contributed by atoms with Crippen molar-refractivity contribution in [3.05, 3.63) is 99.6 Å². The van der Waals surface area contributed by atoms with Crippen LogP contribution in [-0.4, -0.2) is 26.9 Å². The number of pyridine rings is 2. The number of aromatic amines is 1. The molecule has 3 aromatic heterocycles. The molecule has 0 bridgehead atoms. The maximum Gasteiger partial charge on any atom is 0.271 e. The Labute approximate surface area is 183 Å². The quantitative estimate of drug-likeness (QED) is 0.398. The summed E-state index contributed by atoms with van der Waals surface area (Å²) in [5, 5.41) is 6.09. The van der Waals surface area contributed by atoms with Crippen LogP contribution in [0.25, 0.3) is 11.1 Å². The zero-order chi connectivity index (χ0) is 21.5. The Morgan fingerprint density at radius 3 is 2.61 bits per heavy atom. The topological polar surface area (TPSA) is 99.8 Å². The van der Waals surface area contributed by atoms with E-state index < -0.39 is 6.04 Å². The fourth-order valence-electron chi connectivity index (χ4n) is 3.17. The minimum absolute atomic E-state index is 0.206. The largest absolute Gasteiger partial charge is 0.327 e. The van der Waals surface area contributed by atoms with Crippen LogP contribution in [0.3, 0.4) is 0 Å². The molecule has 0 saturated carbocycles. The Morgan fingerprint density at radius 1 is 1.06 bits per heavy atom. The van der Waals surface area contributed by atoms with Crippen molar-refractivity contribution in [2.24, 2.45) is 0 Å². The van der Waals surface area contributed by atoms with E-state index in [0.29, 0.717) is 13.0 Å². The molecule has 0 radical (unpaired) electrons. The van der Waals surface area contributed by atoms with Crippen molar-refractivity contribution >= 4 is 22.9 Å². The number of carbonyl (C=O) groups is 1. The van der Waals surface area contributed by atoms with E-state index in [1.165, 1.54) is 11.3 Å². The van der Waals surface area contributed by atoms with Crippen molar-refractivity contribution in [3.8, 4) is 11.1 Å². The smallest absolute Gasteiger partial charge is 0.271 e. The van der Waals surface area contributed by atoms with Crippen molar-refractivity contribution in [1.29, 1.82) is 0 Å². The lowest BCUT2D eigenvalue weighted by Gasteiger charge is -2.18. The van der Waals surface area contributed by atoms with Crippen LogP contribution in [0.5, 0.6) is 0 Å². The minimum atomic E-state index is -0.520. The average Bonchev–Trinajstić information content (AvgIpc) is 3.33. The fraction of sp³-hybridized carbons (Fsp3) is 0.130. The average molecular weight is 432 g/mol. The molecule has 156 valence electrons. The molecule has 1 atom stereocenters. The van der Waals surface area contributed by atoms with Gasteiger partial charge in [0.15, 0.2) is 0 Å². The number of amides is 1. The van der Waals surface area contributed by atoms with E-state index in [4.69, 9.17) is 0 Å². The molecule has 0 saturated heterocycles. The van der Waals surface area contributed by atoms with Gasteiger partial charge in [-0.3, -0.25) is 19.6 Å². The van der Waals surface area contributed by atoms with E-state index in [-0.39, 0.29) is 17.2 Å². The van der Waals surface area contributed by atoms with Crippen LogP contribution in [0.1, 0.15) is 10.4 Å². The van der Waals surface area contributed by atoms with E-state index in [2.05, 4.69) is 25.6 Å². The van der Waals surface area contributed by atoms with E-state index >= 15 is 0 Å². The minimum Gasteiger partial charge on any atom is -0.327 e. The van der Waals surface area contributed by atoms with Gasteiger partial charge in [-0.1, -0.05) is 30.3 Å². The number of nitrogens with one attached hydrogen (secondary N) is 3. The van der Waals surface area contributed by atoms with E-state index in [1.54, 1.807) is 36.4 Å². The van der Waals surface area contributed by atoms with Gasteiger partial charge < -0.3 is 15.6 Å². The Morgan fingerprint density at radius 2 is 1.87 bits per heavy atom. The van der Waals surface area contributed by atoms with Gasteiger partial charge in [-0.25, -0.2) is 0 Å². The third-order valence-corrected chi connectivity index (χ3v) is 5.56. The van der Waals surface area contributed by atoms with Crippen molar-refractivity contribution < 1.29 is 4.79 Å². The highest BCUT2D eigenvalue weighted by Crippen LogP contribution is 2.19. The van der Waals surface area contributed by atoms with Crippen LogP contribution in [0.15, 0.2) is 83.6 Å². The first-order chi connectivity index (χ1) is 15.2. The lowest BCUT2D eigenvalue weighted by atomic mass is 10.0. The summed E-state index contributed by atoms with van der Waals surface area (Å²) in [4.78, 5) is 37.3. The first kappa shape index (κ1) is 20.6. The lowest BCUT2D eigenvalue weighted by molar-refractivity contribution is -0.118. The third-order valence-electron chi connectivity index (χ3n) is 4.78. The molecule has 0 unspecified atom stereocenters. The molecular formula is C23H21N5O2S. The van der Waals surface area contributed by atoms with Crippen LogP contribution in [0, 0.1) is 0 Å². The van der Waals surface area contributed by atoms with E-state index in [9.17, 15) is 9.59 Å². The maximum atomic E-state index is 13.1. The van der Waals surface area contributed by atoms with Gasteiger partial charge in [-0.05, 0) is 35.7 Å². The number of rotatable bonds is 8.